The fraction of sp³-hybridized carbons (Fsp3) is 0.600. The Morgan fingerprint density at radius 2 is 1.68 bits per heavy atom. The summed E-state index contributed by atoms with van der Waals surface area (Å²) >= 11 is 0. The number of ether oxygens (including phenoxy) is 3. The van der Waals surface area contributed by atoms with Gasteiger partial charge >= 0.3 is 0 Å². The number of hydrogen-bond acceptors (Lipinski definition) is 4. The molecule has 1 N–H and O–H groups in total. The molecule has 0 saturated carbocycles. The molecule has 1 rings (SSSR count). The van der Waals surface area contributed by atoms with Crippen LogP contribution in [0.3, 0.4) is 0 Å². The van der Waals surface area contributed by atoms with E-state index in [1.807, 2.05) is 32.0 Å². The van der Waals surface area contributed by atoms with E-state index in [4.69, 9.17) is 14.2 Å². The summed E-state index contributed by atoms with van der Waals surface area (Å²) in [6.45, 7) is 6.49. The lowest BCUT2D eigenvalue weighted by atomic mass is 10.1. The molecule has 19 heavy (non-hydrogen) atoms. The molecule has 1 atom stereocenters. The molecule has 0 aliphatic rings. The van der Waals surface area contributed by atoms with E-state index in [9.17, 15) is 0 Å². The first-order chi connectivity index (χ1) is 9.31. The van der Waals surface area contributed by atoms with Gasteiger partial charge in [0, 0.05) is 26.9 Å². The number of rotatable bonds is 10. The highest BCUT2D eigenvalue weighted by Gasteiger charge is 2.14. The predicted molar refractivity (Wildman–Crippen MR) is 76.1 cm³/mol. The van der Waals surface area contributed by atoms with E-state index >= 15 is 0 Å². The van der Waals surface area contributed by atoms with Crippen LogP contribution in [0, 0.1) is 0 Å². The Kier molecular flexibility index (Phi) is 8.41. The lowest BCUT2D eigenvalue weighted by Crippen LogP contribution is -2.35. The predicted octanol–water partition coefficient (Wildman–Crippen LogP) is 2.36. The van der Waals surface area contributed by atoms with E-state index < -0.39 is 0 Å². The zero-order valence-electron chi connectivity index (χ0n) is 12.1. The standard InChI is InChI=1S/C15H25NO3/c1-4-18-15(19-5-2)11-16-14(12-17-3)13-9-7-6-8-10-13/h6-10,14-16H,4-5,11-12H2,1-3H3. The van der Waals surface area contributed by atoms with Crippen LogP contribution in [0.25, 0.3) is 0 Å². The van der Waals surface area contributed by atoms with Crippen LogP contribution in [0.1, 0.15) is 25.5 Å². The van der Waals surface area contributed by atoms with Crippen molar-refractivity contribution in [2.45, 2.75) is 26.2 Å². The third kappa shape index (κ3) is 6.16. The maximum Gasteiger partial charge on any atom is 0.169 e. The van der Waals surface area contributed by atoms with Gasteiger partial charge in [0.1, 0.15) is 0 Å². The molecule has 0 aliphatic carbocycles. The smallest absolute Gasteiger partial charge is 0.169 e. The Balaban J connectivity index is 2.53. The summed E-state index contributed by atoms with van der Waals surface area (Å²) in [5, 5.41) is 3.43. The summed E-state index contributed by atoms with van der Waals surface area (Å²) in [6.07, 6.45) is -0.210. The second-order valence-electron chi connectivity index (χ2n) is 4.17. The van der Waals surface area contributed by atoms with Gasteiger partial charge in [-0.05, 0) is 19.4 Å². The number of hydrogen-bond donors (Lipinski definition) is 1. The lowest BCUT2D eigenvalue weighted by molar-refractivity contribution is -0.134. The Morgan fingerprint density at radius 1 is 1.05 bits per heavy atom. The maximum absolute atomic E-state index is 5.52. The van der Waals surface area contributed by atoms with E-state index in [1.165, 1.54) is 5.56 Å². The topological polar surface area (TPSA) is 39.7 Å². The average Bonchev–Trinajstić information content (AvgIpc) is 2.44. The van der Waals surface area contributed by atoms with Gasteiger partial charge in [-0.25, -0.2) is 0 Å². The van der Waals surface area contributed by atoms with E-state index in [0.717, 1.165) is 0 Å². The average molecular weight is 267 g/mol. The molecule has 0 aromatic heterocycles. The van der Waals surface area contributed by atoms with Gasteiger partial charge in [0.25, 0.3) is 0 Å². The molecule has 1 aromatic carbocycles. The Morgan fingerprint density at radius 3 is 2.21 bits per heavy atom. The van der Waals surface area contributed by atoms with Crippen LogP contribution < -0.4 is 5.32 Å². The number of benzene rings is 1. The van der Waals surface area contributed by atoms with E-state index in [-0.39, 0.29) is 12.3 Å². The SMILES string of the molecule is CCOC(CNC(COC)c1ccccc1)OCC. The summed E-state index contributed by atoms with van der Waals surface area (Å²) in [7, 11) is 1.71. The molecule has 0 fully saturated rings. The Hall–Kier alpha value is -0.940. The molecule has 0 bridgehead atoms. The second kappa shape index (κ2) is 9.92. The number of methoxy groups -OCH3 is 1. The van der Waals surface area contributed by atoms with Crippen LogP contribution in [0.2, 0.25) is 0 Å². The Labute approximate surface area is 116 Å². The van der Waals surface area contributed by atoms with Crippen molar-refractivity contribution < 1.29 is 14.2 Å². The minimum atomic E-state index is -0.210. The molecule has 0 amide bonds. The zero-order valence-corrected chi connectivity index (χ0v) is 12.1. The molecular weight excluding hydrogens is 242 g/mol. The van der Waals surface area contributed by atoms with Crippen LogP contribution in [0.4, 0.5) is 0 Å². The van der Waals surface area contributed by atoms with Gasteiger partial charge in [0.2, 0.25) is 0 Å². The summed E-state index contributed by atoms with van der Waals surface area (Å²) in [6, 6.07) is 10.4. The minimum Gasteiger partial charge on any atom is -0.383 e. The van der Waals surface area contributed by atoms with Crippen molar-refractivity contribution in [1.29, 1.82) is 0 Å². The molecule has 108 valence electrons. The van der Waals surface area contributed by atoms with Crippen LogP contribution in [-0.2, 0) is 14.2 Å². The molecule has 0 radical (unpaired) electrons. The van der Waals surface area contributed by atoms with Gasteiger partial charge in [-0.3, -0.25) is 0 Å². The van der Waals surface area contributed by atoms with Crippen molar-refractivity contribution in [3.63, 3.8) is 0 Å². The van der Waals surface area contributed by atoms with Gasteiger partial charge in [0.15, 0.2) is 6.29 Å². The zero-order chi connectivity index (χ0) is 13.9. The summed E-state index contributed by atoms with van der Waals surface area (Å²) in [4.78, 5) is 0. The molecule has 0 aliphatic heterocycles. The van der Waals surface area contributed by atoms with Crippen molar-refractivity contribution in [3.8, 4) is 0 Å². The number of nitrogens with one attached hydrogen (secondary N) is 1. The molecule has 4 nitrogen and oxygen atoms in total. The van der Waals surface area contributed by atoms with Crippen molar-refractivity contribution >= 4 is 0 Å². The van der Waals surface area contributed by atoms with Crippen molar-refractivity contribution in [2.24, 2.45) is 0 Å². The summed E-state index contributed by atoms with van der Waals surface area (Å²) in [5.41, 5.74) is 1.20. The molecule has 1 aromatic rings. The highest BCUT2D eigenvalue weighted by Crippen LogP contribution is 2.13. The maximum atomic E-state index is 5.52. The molecule has 0 heterocycles. The van der Waals surface area contributed by atoms with Gasteiger partial charge in [0.05, 0.1) is 12.6 Å². The molecule has 1 unspecified atom stereocenters. The van der Waals surface area contributed by atoms with Crippen molar-refractivity contribution in [1.82, 2.24) is 5.32 Å². The minimum absolute atomic E-state index is 0.148. The quantitative estimate of drug-likeness (QED) is 0.661. The lowest BCUT2D eigenvalue weighted by Gasteiger charge is -2.23. The Bertz CT molecular complexity index is 312. The first kappa shape index (κ1) is 16.1. The van der Waals surface area contributed by atoms with Crippen molar-refractivity contribution in [2.75, 3.05) is 33.5 Å². The van der Waals surface area contributed by atoms with Crippen LogP contribution in [-0.4, -0.2) is 39.8 Å². The van der Waals surface area contributed by atoms with E-state index in [2.05, 4.69) is 17.4 Å². The van der Waals surface area contributed by atoms with Crippen LogP contribution in [0.15, 0.2) is 30.3 Å². The fourth-order valence-electron chi connectivity index (χ4n) is 1.90. The molecule has 4 heteroatoms. The highest BCUT2D eigenvalue weighted by atomic mass is 16.7. The van der Waals surface area contributed by atoms with E-state index in [0.29, 0.717) is 26.4 Å². The first-order valence-electron chi connectivity index (χ1n) is 6.82. The van der Waals surface area contributed by atoms with Gasteiger partial charge in [-0.2, -0.15) is 0 Å². The van der Waals surface area contributed by atoms with Crippen LogP contribution in [0.5, 0.6) is 0 Å². The van der Waals surface area contributed by atoms with Crippen molar-refractivity contribution in [3.05, 3.63) is 35.9 Å². The third-order valence-electron chi connectivity index (χ3n) is 2.77. The molecule has 0 spiro atoms. The van der Waals surface area contributed by atoms with Crippen LogP contribution >= 0.6 is 0 Å². The monoisotopic (exact) mass is 267 g/mol. The largest absolute Gasteiger partial charge is 0.383 e. The second-order valence-corrected chi connectivity index (χ2v) is 4.17. The highest BCUT2D eigenvalue weighted by molar-refractivity contribution is 5.18. The molecular formula is C15H25NO3. The summed E-state index contributed by atoms with van der Waals surface area (Å²) < 4.78 is 16.3. The van der Waals surface area contributed by atoms with Gasteiger partial charge in [-0.1, -0.05) is 30.3 Å². The van der Waals surface area contributed by atoms with Gasteiger partial charge < -0.3 is 19.5 Å². The molecule has 0 saturated heterocycles. The normalized spacial score (nSPS) is 12.8. The summed E-state index contributed by atoms with van der Waals surface area (Å²) in [5.74, 6) is 0. The van der Waals surface area contributed by atoms with Gasteiger partial charge in [-0.15, -0.1) is 0 Å². The van der Waals surface area contributed by atoms with E-state index in [1.54, 1.807) is 7.11 Å². The third-order valence-corrected chi connectivity index (χ3v) is 2.77. The first-order valence-corrected chi connectivity index (χ1v) is 6.82. The fourth-order valence-corrected chi connectivity index (χ4v) is 1.90.